The van der Waals surface area contributed by atoms with Gasteiger partial charge in [0.25, 0.3) is 0 Å². The maximum atomic E-state index is 7.05. The van der Waals surface area contributed by atoms with Crippen LogP contribution in [0.15, 0.2) is 91.0 Å². The van der Waals surface area contributed by atoms with E-state index in [9.17, 15) is 0 Å². The highest BCUT2D eigenvalue weighted by atomic mass is 28.5. The molecule has 3 aromatic rings. The molecule has 0 atom stereocenters. The van der Waals surface area contributed by atoms with Crippen molar-refractivity contribution < 1.29 is 12.3 Å². The number of hydrogen-bond acceptors (Lipinski definition) is 4. The lowest BCUT2D eigenvalue weighted by atomic mass is 10.4. The minimum atomic E-state index is -3.26. The molecule has 0 heterocycles. The van der Waals surface area contributed by atoms with Crippen molar-refractivity contribution in [1.29, 1.82) is 0 Å². The van der Waals surface area contributed by atoms with Crippen molar-refractivity contribution in [3.8, 4) is 0 Å². The Kier molecular flexibility index (Phi) is 8.13. The monoisotopic (exact) mass is 511 g/mol. The van der Waals surface area contributed by atoms with Crippen LogP contribution in [-0.4, -0.2) is 39.9 Å². The van der Waals surface area contributed by atoms with E-state index in [1.54, 1.807) is 0 Å². The van der Waals surface area contributed by atoms with Gasteiger partial charge in [-0.2, -0.15) is 0 Å². The van der Waals surface area contributed by atoms with Crippen molar-refractivity contribution in [1.82, 2.24) is 0 Å². The fraction of sp³-hybridized carbons (Fsp3) is 0.280. The molecule has 0 aromatic heterocycles. The van der Waals surface area contributed by atoms with Gasteiger partial charge in [-0.25, -0.2) is 0 Å². The molecule has 0 fully saturated rings. The molecule has 3 rings (SSSR count). The summed E-state index contributed by atoms with van der Waals surface area (Å²) >= 11 is 0. The first-order valence-corrected chi connectivity index (χ1v) is 22.1. The summed E-state index contributed by atoms with van der Waals surface area (Å²) in [5.41, 5.74) is 6.52. The third-order valence-electron chi connectivity index (χ3n) is 5.89. The van der Waals surface area contributed by atoms with Crippen LogP contribution >= 0.6 is 0 Å². The predicted molar refractivity (Wildman–Crippen MR) is 149 cm³/mol. The Morgan fingerprint density at radius 3 is 0.939 bits per heavy atom. The first-order chi connectivity index (χ1) is 15.5. The van der Waals surface area contributed by atoms with E-state index in [0.29, 0.717) is 0 Å². The van der Waals surface area contributed by atoms with E-state index >= 15 is 0 Å². The van der Waals surface area contributed by atoms with Gasteiger partial charge < -0.3 is 18.1 Å². The zero-order valence-electron chi connectivity index (χ0n) is 20.7. The summed E-state index contributed by atoms with van der Waals surface area (Å²) < 4.78 is 21.2. The van der Waals surface area contributed by atoms with Gasteiger partial charge in [-0.15, -0.1) is 0 Å². The first kappa shape index (κ1) is 26.0. The molecule has 0 aliphatic heterocycles. The lowest BCUT2D eigenvalue weighted by Crippen LogP contribution is -2.70. The topological polar surface area (TPSA) is 53.7 Å². The minimum absolute atomic E-state index is 0.253. The fourth-order valence-electron chi connectivity index (χ4n) is 4.05. The van der Waals surface area contributed by atoms with E-state index in [1.807, 2.05) is 18.2 Å². The molecule has 0 radical (unpaired) electrons. The SMILES string of the molecule is C[Si](C)(O[Si](CN)(O[Si](C)(C)c1ccccc1)O[Si](C)(C)c1ccccc1)c1ccccc1. The molecular weight excluding hydrogens is 475 g/mol. The number of rotatable bonds is 10. The number of nitrogens with two attached hydrogens (primary N) is 1. The standard InChI is InChI=1S/C25H37NO3Si4/c1-30(2,23-16-10-7-11-17-23)27-33(22-26,28-31(3,4)24-18-12-8-13-19-24)29-32(5,6)25-20-14-9-15-21-25/h7-21H,22,26H2,1-6H3. The fourth-order valence-corrected chi connectivity index (χ4v) is 20.4. The van der Waals surface area contributed by atoms with Crippen LogP contribution in [0, 0.1) is 0 Å². The zero-order chi connectivity index (χ0) is 24.2. The van der Waals surface area contributed by atoms with Crippen LogP contribution < -0.4 is 21.3 Å². The van der Waals surface area contributed by atoms with Crippen LogP contribution in [0.2, 0.25) is 39.3 Å². The summed E-state index contributed by atoms with van der Waals surface area (Å²) in [5.74, 6) is 0. The Morgan fingerprint density at radius 2 is 0.727 bits per heavy atom. The average molecular weight is 512 g/mol. The molecule has 0 unspecified atom stereocenters. The van der Waals surface area contributed by atoms with Crippen LogP contribution in [-0.2, 0) is 12.3 Å². The summed E-state index contributed by atoms with van der Waals surface area (Å²) in [4.78, 5) is 0. The van der Waals surface area contributed by atoms with Gasteiger partial charge >= 0.3 is 8.80 Å². The maximum Gasteiger partial charge on any atom is 0.484 e. The lowest BCUT2D eigenvalue weighted by molar-refractivity contribution is 0.258. The highest BCUT2D eigenvalue weighted by Gasteiger charge is 2.53. The Hall–Kier alpha value is -1.63. The van der Waals surface area contributed by atoms with Gasteiger partial charge in [-0.1, -0.05) is 91.0 Å². The molecule has 0 amide bonds. The van der Waals surface area contributed by atoms with Crippen LogP contribution in [0.5, 0.6) is 0 Å². The summed E-state index contributed by atoms with van der Waals surface area (Å²) in [6, 6.07) is 31.3. The average Bonchev–Trinajstić information content (AvgIpc) is 2.80. The van der Waals surface area contributed by atoms with Gasteiger partial charge in [-0.05, 0) is 54.8 Å². The number of benzene rings is 3. The molecule has 3 aromatic carbocycles. The Morgan fingerprint density at radius 1 is 0.485 bits per heavy atom. The summed E-state index contributed by atoms with van der Waals surface area (Å²) in [6.45, 7) is 13.3. The van der Waals surface area contributed by atoms with E-state index in [0.717, 1.165) is 0 Å². The lowest BCUT2D eigenvalue weighted by Gasteiger charge is -2.44. The van der Waals surface area contributed by atoms with Crippen LogP contribution in [0.1, 0.15) is 0 Å². The minimum Gasteiger partial charge on any atom is -0.411 e. The highest BCUT2D eigenvalue weighted by molar-refractivity contribution is 6.98. The highest BCUT2D eigenvalue weighted by Crippen LogP contribution is 2.25. The smallest absolute Gasteiger partial charge is 0.411 e. The largest absolute Gasteiger partial charge is 0.484 e. The van der Waals surface area contributed by atoms with Gasteiger partial charge in [0.1, 0.15) is 0 Å². The molecule has 176 valence electrons. The zero-order valence-corrected chi connectivity index (χ0v) is 24.7. The van der Waals surface area contributed by atoms with E-state index in [2.05, 4.69) is 112 Å². The molecule has 0 bridgehead atoms. The van der Waals surface area contributed by atoms with Gasteiger partial charge in [0.2, 0.25) is 25.0 Å². The van der Waals surface area contributed by atoms with E-state index in [4.69, 9.17) is 18.1 Å². The summed E-state index contributed by atoms with van der Waals surface area (Å²) in [6.07, 6.45) is 0.253. The third-order valence-corrected chi connectivity index (χ3v) is 21.4. The predicted octanol–water partition coefficient (Wildman–Crippen LogP) is 3.81. The van der Waals surface area contributed by atoms with E-state index < -0.39 is 33.8 Å². The Labute approximate surface area is 203 Å². The van der Waals surface area contributed by atoms with Gasteiger partial charge in [-0.3, -0.25) is 0 Å². The third kappa shape index (κ3) is 6.49. The van der Waals surface area contributed by atoms with Crippen molar-refractivity contribution in [2.75, 3.05) is 6.17 Å². The molecule has 0 aliphatic rings. The van der Waals surface area contributed by atoms with Crippen molar-refractivity contribution >= 4 is 49.3 Å². The number of hydrogen-bond donors (Lipinski definition) is 1. The van der Waals surface area contributed by atoms with Crippen LogP contribution in [0.4, 0.5) is 0 Å². The molecule has 4 nitrogen and oxygen atoms in total. The van der Waals surface area contributed by atoms with Crippen molar-refractivity contribution in [3.63, 3.8) is 0 Å². The molecule has 33 heavy (non-hydrogen) atoms. The van der Waals surface area contributed by atoms with Crippen LogP contribution in [0.3, 0.4) is 0 Å². The van der Waals surface area contributed by atoms with Crippen molar-refractivity contribution in [3.05, 3.63) is 91.0 Å². The van der Waals surface area contributed by atoms with Crippen LogP contribution in [0.25, 0.3) is 0 Å². The normalized spacial score (nSPS) is 13.2. The second kappa shape index (κ2) is 10.3. The molecule has 8 heteroatoms. The Bertz CT molecular complexity index is 886. The summed E-state index contributed by atoms with van der Waals surface area (Å²) in [5, 5.41) is 3.63. The van der Waals surface area contributed by atoms with Crippen molar-refractivity contribution in [2.24, 2.45) is 5.73 Å². The summed E-state index contributed by atoms with van der Waals surface area (Å²) in [7, 11) is -10.3. The molecule has 2 N–H and O–H groups in total. The molecule has 0 aliphatic carbocycles. The second-order valence-corrected chi connectivity index (χ2v) is 24.8. The van der Waals surface area contributed by atoms with E-state index in [-0.39, 0.29) is 6.17 Å². The second-order valence-electron chi connectivity index (χ2n) is 9.82. The first-order valence-electron chi connectivity index (χ1n) is 11.5. The molecular formula is C25H37NO3Si4. The quantitative estimate of drug-likeness (QED) is 0.421. The van der Waals surface area contributed by atoms with Gasteiger partial charge in [0, 0.05) is 0 Å². The van der Waals surface area contributed by atoms with E-state index in [1.165, 1.54) is 15.6 Å². The maximum absolute atomic E-state index is 7.05. The molecule has 0 saturated heterocycles. The van der Waals surface area contributed by atoms with Crippen molar-refractivity contribution in [2.45, 2.75) is 39.3 Å². The van der Waals surface area contributed by atoms with Gasteiger partial charge in [0.05, 0.1) is 6.17 Å². The molecule has 0 saturated carbocycles. The Balaban J connectivity index is 2.04. The molecule has 0 spiro atoms. The van der Waals surface area contributed by atoms with Gasteiger partial charge in [0.15, 0.2) is 0 Å².